The van der Waals surface area contributed by atoms with E-state index in [1.807, 2.05) is 72.8 Å². The van der Waals surface area contributed by atoms with E-state index >= 15 is 0 Å². The summed E-state index contributed by atoms with van der Waals surface area (Å²) in [5.41, 5.74) is 5.28. The molecule has 0 amide bonds. The Morgan fingerprint density at radius 2 is 0.762 bits per heavy atom. The van der Waals surface area contributed by atoms with Crippen molar-refractivity contribution in [2.24, 2.45) is 30.0 Å². The van der Waals surface area contributed by atoms with Crippen molar-refractivity contribution in [3.05, 3.63) is 130 Å². The first-order valence-corrected chi connectivity index (χ1v) is 20.7. The number of amidine groups is 4. The molecule has 0 saturated heterocycles. The summed E-state index contributed by atoms with van der Waals surface area (Å²) in [6, 6.07) is 32.7. The Balaban J connectivity index is 1.50. The van der Waals surface area contributed by atoms with Gasteiger partial charge in [-0.15, -0.1) is 0 Å². The van der Waals surface area contributed by atoms with Gasteiger partial charge >= 0.3 is 251 Å². The topological polar surface area (TPSA) is 84.0 Å². The van der Waals surface area contributed by atoms with Gasteiger partial charge in [-0.1, -0.05) is 0 Å². The van der Waals surface area contributed by atoms with Crippen LogP contribution >= 0.6 is 8.58 Å². The molecule has 0 fully saturated rings. The molecule has 0 N–H and O–H groups in total. The number of fused-ring (bicyclic) bond motifs is 14. The van der Waals surface area contributed by atoms with Crippen LogP contribution in [0.4, 0.5) is 11.6 Å². The molecule has 42 heavy (non-hydrogen) atoms. The van der Waals surface area contributed by atoms with Gasteiger partial charge in [-0.25, -0.2) is 0 Å². The van der Waals surface area contributed by atoms with Crippen molar-refractivity contribution in [1.82, 2.24) is 5.11 Å². The van der Waals surface area contributed by atoms with Crippen molar-refractivity contribution in [2.75, 3.05) is 0 Å². The van der Waals surface area contributed by atoms with Crippen molar-refractivity contribution < 1.29 is 0 Å². The predicted octanol–water partition coefficient (Wildman–Crippen LogP) is 5.16. The Hall–Kier alpha value is -4.60. The Labute approximate surface area is 250 Å². The van der Waals surface area contributed by atoms with E-state index in [9.17, 15) is 0 Å². The Kier molecular flexibility index (Phi) is 4.52. The molecule has 4 aliphatic heterocycles. The predicted molar refractivity (Wildman–Crippen MR) is 167 cm³/mol. The van der Waals surface area contributed by atoms with Crippen LogP contribution in [-0.4, -0.2) is 49.3 Å². The number of nitrogens with zero attached hydrogens (tertiary/aromatic N) is 8. The van der Waals surface area contributed by atoms with E-state index in [0.717, 1.165) is 66.4 Å². The third-order valence-corrected chi connectivity index (χ3v) is 16.1. The van der Waals surface area contributed by atoms with Crippen LogP contribution in [0.5, 0.6) is 0 Å². The monoisotopic (exact) mass is 662 g/mol. The summed E-state index contributed by atoms with van der Waals surface area (Å²) in [6.07, 6.45) is 0. The first kappa shape index (κ1) is 23.0. The van der Waals surface area contributed by atoms with Crippen molar-refractivity contribution >= 4 is 85.9 Å². The Morgan fingerprint density at radius 1 is 0.405 bits per heavy atom. The van der Waals surface area contributed by atoms with Gasteiger partial charge in [0.2, 0.25) is 0 Å². The zero-order valence-electron chi connectivity index (χ0n) is 21.8. The molecule has 0 radical (unpaired) electrons. The normalized spacial score (nSPS) is 15.7. The zero-order chi connectivity index (χ0) is 27.5. The van der Waals surface area contributed by atoms with Crippen molar-refractivity contribution in [2.45, 2.75) is 0 Å². The fourth-order valence-corrected chi connectivity index (χ4v) is 14.1. The molecule has 0 unspecified atom stereocenters. The number of halogens is 1. The van der Waals surface area contributed by atoms with Gasteiger partial charge in [0.05, 0.1) is 0 Å². The Morgan fingerprint density at radius 3 is 1.19 bits per heavy atom. The second kappa shape index (κ2) is 8.24. The van der Waals surface area contributed by atoms with Gasteiger partial charge in [-0.05, 0) is 0 Å². The molecular formula is C32H16ClInN8. The summed E-state index contributed by atoms with van der Waals surface area (Å²) in [5, 5.41) is 3.88. The molecule has 6 heterocycles. The molecule has 6 bridgehead atoms. The summed E-state index contributed by atoms with van der Waals surface area (Å²) >= 11 is -3.69. The van der Waals surface area contributed by atoms with Crippen LogP contribution in [0.1, 0.15) is 22.3 Å². The molecule has 8 nitrogen and oxygen atoms in total. The van der Waals surface area contributed by atoms with E-state index in [4.69, 9.17) is 38.5 Å². The van der Waals surface area contributed by atoms with E-state index in [1.165, 1.54) is 0 Å². The molecule has 0 atom stereocenters. The van der Waals surface area contributed by atoms with Crippen LogP contribution in [0.15, 0.2) is 127 Å². The van der Waals surface area contributed by atoms with Crippen molar-refractivity contribution in [1.29, 1.82) is 0 Å². The first-order valence-electron chi connectivity index (χ1n) is 13.6. The summed E-state index contributed by atoms with van der Waals surface area (Å²) < 4.78 is 4.35. The van der Waals surface area contributed by atoms with Crippen LogP contribution in [0.25, 0.3) is 21.5 Å². The van der Waals surface area contributed by atoms with Gasteiger partial charge in [0.15, 0.2) is 0 Å². The number of aromatic nitrogens is 2. The summed E-state index contributed by atoms with van der Waals surface area (Å²) in [5.74, 6) is 3.99. The van der Waals surface area contributed by atoms with Gasteiger partial charge in [0.25, 0.3) is 0 Å². The van der Waals surface area contributed by atoms with Crippen LogP contribution in [0, 0.1) is 0 Å². The summed E-state index contributed by atoms with van der Waals surface area (Å²) in [6.45, 7) is 0. The standard InChI is InChI=1S/C32H16N8.ClH.In/c1-2-10-18-17(9-1)25-33-26(18)38-28-21-13-5-6-14-22(21)30(35-28)40-32-24-16-8-7-15-23(24)31(36-32)39-29-20-12-4-3-11-19(20)27(34-29)37-25;;/h1-16H;1H;/q-2;;+3/p-1. The molecule has 4 aliphatic rings. The number of aliphatic imine (C=N–C) groups is 4. The Bertz CT molecular complexity index is 2330. The second-order valence-corrected chi connectivity index (χ2v) is 17.8. The van der Waals surface area contributed by atoms with E-state index in [-0.39, 0.29) is 0 Å². The zero-order valence-corrected chi connectivity index (χ0v) is 25.8. The van der Waals surface area contributed by atoms with Crippen LogP contribution in [0.2, 0.25) is 0 Å². The molecule has 2 aromatic heterocycles. The van der Waals surface area contributed by atoms with Gasteiger partial charge in [-0.3, -0.25) is 0 Å². The average molecular weight is 663 g/mol. The maximum atomic E-state index is 7.82. The van der Waals surface area contributed by atoms with Crippen molar-refractivity contribution in [3.63, 3.8) is 0 Å². The van der Waals surface area contributed by atoms with E-state index in [0.29, 0.717) is 23.3 Å². The summed E-state index contributed by atoms with van der Waals surface area (Å²) in [7, 11) is 7.82. The molecule has 0 aliphatic carbocycles. The van der Waals surface area contributed by atoms with Crippen LogP contribution < -0.4 is 11.0 Å². The quantitative estimate of drug-likeness (QED) is 0.216. The number of benzene rings is 4. The minimum absolute atomic E-state index is 0.621. The van der Waals surface area contributed by atoms with Crippen molar-refractivity contribution in [3.8, 4) is 0 Å². The van der Waals surface area contributed by atoms with E-state index in [1.54, 1.807) is 0 Å². The fourth-order valence-electron chi connectivity index (χ4n) is 6.37. The van der Waals surface area contributed by atoms with Gasteiger partial charge in [-0.2, -0.15) is 0 Å². The molecule has 6 aromatic rings. The van der Waals surface area contributed by atoms with Gasteiger partial charge in [0, 0.05) is 0 Å². The van der Waals surface area contributed by atoms with Crippen LogP contribution in [0.3, 0.4) is 0 Å². The number of hydrogen-bond donors (Lipinski definition) is 0. The summed E-state index contributed by atoms with van der Waals surface area (Å²) in [4.78, 5) is 31.0. The average Bonchev–Trinajstić information content (AvgIpc) is 3.74. The molecule has 194 valence electrons. The minimum atomic E-state index is -3.69. The number of hydrogen-bond acceptors (Lipinski definition) is 6. The van der Waals surface area contributed by atoms with Gasteiger partial charge in [0.1, 0.15) is 0 Å². The maximum absolute atomic E-state index is 7.82. The van der Waals surface area contributed by atoms with E-state index < -0.39 is 20.8 Å². The third-order valence-electron chi connectivity index (χ3n) is 8.25. The SMILES string of the molecule is [Cl][In]1[n]2c3c4ccccc4c2N=C2N=C(N=c4c5ccccc5c([n]41)=NC1=NC(=N3)c3ccccc31)c1ccccc12. The van der Waals surface area contributed by atoms with E-state index in [2.05, 4.69) is 29.4 Å². The fraction of sp³-hybridized carbons (Fsp3) is 0. The first-order chi connectivity index (χ1) is 20.7. The molecule has 0 spiro atoms. The third kappa shape index (κ3) is 2.94. The second-order valence-electron chi connectivity index (χ2n) is 10.5. The molecule has 10 heteroatoms. The molecule has 0 saturated carbocycles. The molecule has 4 aromatic carbocycles. The molecular weight excluding hydrogens is 647 g/mol. The van der Waals surface area contributed by atoms with Crippen LogP contribution in [-0.2, 0) is 0 Å². The van der Waals surface area contributed by atoms with Gasteiger partial charge < -0.3 is 0 Å². The molecule has 10 rings (SSSR count). The number of rotatable bonds is 0.